The fourth-order valence-corrected chi connectivity index (χ4v) is 1.68. The number of rotatable bonds is 2. The highest BCUT2D eigenvalue weighted by atomic mass is 19.1. The summed E-state index contributed by atoms with van der Waals surface area (Å²) in [5, 5.41) is 22.9. The molecule has 1 saturated heterocycles. The number of H-pyrrole nitrogens is 1. The Morgan fingerprint density at radius 2 is 1.86 bits per heavy atom. The van der Waals surface area contributed by atoms with Crippen LogP contribution in [0.5, 0.6) is 0 Å². The Labute approximate surface area is 121 Å². The van der Waals surface area contributed by atoms with Crippen molar-refractivity contribution in [2.24, 2.45) is 0 Å². The van der Waals surface area contributed by atoms with Gasteiger partial charge in [-0.05, 0) is 12.8 Å². The average Bonchev–Trinajstić information content (AvgIpc) is 3.02. The Morgan fingerprint density at radius 3 is 2.29 bits per heavy atom. The Morgan fingerprint density at radius 1 is 1.29 bits per heavy atom. The molecule has 9 heteroatoms. The van der Waals surface area contributed by atoms with Gasteiger partial charge in [0.1, 0.15) is 6.23 Å². The van der Waals surface area contributed by atoms with Gasteiger partial charge in [-0.3, -0.25) is 18.7 Å². The second-order valence-electron chi connectivity index (χ2n) is 3.49. The van der Waals surface area contributed by atoms with Gasteiger partial charge in [0, 0.05) is 26.5 Å². The zero-order valence-electron chi connectivity index (χ0n) is 12.3. The third kappa shape index (κ3) is 7.14. The minimum Gasteiger partial charge on any atom is -0.400 e. The normalized spacial score (nSPS) is 19.2. The summed E-state index contributed by atoms with van der Waals surface area (Å²) in [5.41, 5.74) is -0.904. The number of aromatic nitrogens is 2. The largest absolute Gasteiger partial charge is 0.400 e. The summed E-state index contributed by atoms with van der Waals surface area (Å²) in [6.45, 7) is -0.0470. The van der Waals surface area contributed by atoms with Gasteiger partial charge in [-0.15, -0.1) is 0 Å². The van der Waals surface area contributed by atoms with E-state index >= 15 is 0 Å². The average molecular weight is 310 g/mol. The summed E-state index contributed by atoms with van der Waals surface area (Å²) in [6.07, 6.45) is 2.19. The second-order valence-corrected chi connectivity index (χ2v) is 3.49. The van der Waals surface area contributed by atoms with E-state index in [2.05, 4.69) is 4.98 Å². The fourth-order valence-electron chi connectivity index (χ4n) is 1.68. The summed E-state index contributed by atoms with van der Waals surface area (Å²) in [5.74, 6) is 0. The molecule has 0 amide bonds. The molecule has 124 valence electrons. The van der Waals surface area contributed by atoms with E-state index in [0.717, 1.165) is 14.2 Å². The number of halogens is 1. The van der Waals surface area contributed by atoms with Gasteiger partial charge in [0.2, 0.25) is 0 Å². The molecule has 2 atom stereocenters. The smallest absolute Gasteiger partial charge is 0.330 e. The lowest BCUT2D eigenvalue weighted by Crippen LogP contribution is -2.31. The highest BCUT2D eigenvalue weighted by Crippen LogP contribution is 2.26. The highest BCUT2D eigenvalue weighted by Gasteiger charge is 2.26. The number of ether oxygens (including phenoxy) is 1. The first kappa shape index (κ1) is 21.7. The summed E-state index contributed by atoms with van der Waals surface area (Å²) in [7, 11) is 2.50. The monoisotopic (exact) mass is 310 g/mol. The van der Waals surface area contributed by atoms with Crippen molar-refractivity contribution < 1.29 is 24.4 Å². The third-order valence-electron chi connectivity index (χ3n) is 2.45. The zero-order valence-corrected chi connectivity index (χ0v) is 12.3. The second kappa shape index (κ2) is 13.4. The molecule has 2 rings (SSSR count). The van der Waals surface area contributed by atoms with Crippen LogP contribution in [-0.2, 0) is 4.74 Å². The number of nitrogens with one attached hydrogen (secondary N) is 1. The first-order valence-electron chi connectivity index (χ1n) is 6.06. The van der Waals surface area contributed by atoms with Crippen LogP contribution in [0.2, 0.25) is 0 Å². The molecule has 0 aromatic carbocycles. The van der Waals surface area contributed by atoms with Crippen LogP contribution in [0.3, 0.4) is 0 Å². The molecule has 1 fully saturated rings. The number of alkyl halides is 1. The van der Waals surface area contributed by atoms with E-state index in [-0.39, 0.29) is 18.9 Å². The van der Waals surface area contributed by atoms with Crippen molar-refractivity contribution in [2.45, 2.75) is 25.2 Å². The molecule has 4 N–H and O–H groups in total. The number of aliphatic hydroxyl groups excluding tert-OH is 3. The van der Waals surface area contributed by atoms with Crippen molar-refractivity contribution >= 4 is 0 Å². The van der Waals surface area contributed by atoms with Gasteiger partial charge < -0.3 is 20.1 Å². The van der Waals surface area contributed by atoms with E-state index in [1.54, 1.807) is 0 Å². The topological polar surface area (TPSA) is 125 Å². The zero-order chi connectivity index (χ0) is 16.8. The molecule has 1 aromatic rings. The van der Waals surface area contributed by atoms with E-state index in [1.165, 1.54) is 16.8 Å². The van der Waals surface area contributed by atoms with Gasteiger partial charge in [0.15, 0.2) is 0 Å². The van der Waals surface area contributed by atoms with Gasteiger partial charge in [0.25, 0.3) is 5.56 Å². The summed E-state index contributed by atoms with van der Waals surface area (Å²) in [6, 6.07) is 1.27. The molecule has 1 aromatic heterocycles. The summed E-state index contributed by atoms with van der Waals surface area (Å²) in [4.78, 5) is 24.4. The molecule has 8 nitrogen and oxygen atoms in total. The van der Waals surface area contributed by atoms with E-state index in [9.17, 15) is 14.0 Å². The van der Waals surface area contributed by atoms with Crippen LogP contribution in [0.4, 0.5) is 4.39 Å². The Balaban J connectivity index is 0. The van der Waals surface area contributed by atoms with Crippen molar-refractivity contribution in [3.8, 4) is 0 Å². The van der Waals surface area contributed by atoms with Gasteiger partial charge in [0.05, 0.1) is 19.9 Å². The molecule has 1 aliphatic rings. The van der Waals surface area contributed by atoms with Gasteiger partial charge in [-0.2, -0.15) is 0 Å². The molecule has 0 bridgehead atoms. The highest BCUT2D eigenvalue weighted by molar-refractivity contribution is 4.85. The van der Waals surface area contributed by atoms with Crippen LogP contribution in [0.15, 0.2) is 21.9 Å². The van der Waals surface area contributed by atoms with E-state index < -0.39 is 11.2 Å². The lowest BCUT2D eigenvalue weighted by Gasteiger charge is -2.13. The van der Waals surface area contributed by atoms with E-state index in [0.29, 0.717) is 20.0 Å². The predicted octanol–water partition coefficient (Wildman–Crippen LogP) is -0.991. The minimum atomic E-state index is -0.480. The first-order chi connectivity index (χ1) is 10.2. The van der Waals surface area contributed by atoms with Crippen molar-refractivity contribution in [2.75, 3.05) is 28.0 Å². The Hall–Kier alpha value is -1.55. The molecular formula is C12H23FN2O6. The van der Waals surface area contributed by atoms with Crippen LogP contribution in [0, 0.1) is 0 Å². The van der Waals surface area contributed by atoms with Crippen molar-refractivity contribution in [1.82, 2.24) is 9.55 Å². The molecule has 0 spiro atoms. The molecule has 0 radical (unpaired) electrons. The molecule has 2 heterocycles. The maximum atomic E-state index is 11.4. The lowest BCUT2D eigenvalue weighted by molar-refractivity contribution is -0.0246. The molecule has 0 aliphatic carbocycles. The number of aromatic amines is 1. The van der Waals surface area contributed by atoms with Crippen molar-refractivity contribution in [3.63, 3.8) is 0 Å². The van der Waals surface area contributed by atoms with Crippen LogP contribution >= 0.6 is 0 Å². The van der Waals surface area contributed by atoms with E-state index in [4.69, 9.17) is 20.1 Å². The van der Waals surface area contributed by atoms with Crippen molar-refractivity contribution in [1.29, 1.82) is 0 Å². The van der Waals surface area contributed by atoms with Crippen LogP contribution in [-0.4, -0.2) is 59.0 Å². The van der Waals surface area contributed by atoms with Gasteiger partial charge >= 0.3 is 5.69 Å². The minimum absolute atomic E-state index is 0.0470. The first-order valence-corrected chi connectivity index (χ1v) is 6.06. The van der Waals surface area contributed by atoms with Gasteiger partial charge in [-0.1, -0.05) is 0 Å². The Kier molecular flexibility index (Phi) is 13.9. The maximum absolute atomic E-state index is 11.4. The van der Waals surface area contributed by atoms with Crippen LogP contribution in [0.25, 0.3) is 0 Å². The number of hydrogen-bond donors (Lipinski definition) is 4. The lowest BCUT2D eigenvalue weighted by atomic mass is 10.2. The van der Waals surface area contributed by atoms with Crippen molar-refractivity contribution in [3.05, 3.63) is 33.1 Å². The molecule has 21 heavy (non-hydrogen) atoms. The standard InChI is InChI=1S/C9H12N2O4.CH3F.2CH4O/c12-5-6-1-2-8(15-6)11-4-3-7(13)10-9(11)14;3*1-2/h3-4,6,8,12H,1-2,5H2,(H,10,13,14);1H3;2*2H,1H3. The van der Waals surface area contributed by atoms with Gasteiger partial charge in [-0.25, -0.2) is 4.79 Å². The predicted molar refractivity (Wildman–Crippen MR) is 74.9 cm³/mol. The van der Waals surface area contributed by atoms with Crippen LogP contribution < -0.4 is 11.2 Å². The summed E-state index contributed by atoms with van der Waals surface area (Å²) < 4.78 is 16.2. The molecule has 0 saturated carbocycles. The SMILES string of the molecule is CF.CO.CO.O=c1ccn(C2CCC(CO)O2)c(=O)[nH]1. The third-order valence-corrected chi connectivity index (χ3v) is 2.45. The fraction of sp³-hybridized carbons (Fsp3) is 0.667. The maximum Gasteiger partial charge on any atom is 0.330 e. The van der Waals surface area contributed by atoms with Crippen LogP contribution in [0.1, 0.15) is 19.1 Å². The quantitative estimate of drug-likeness (QED) is 0.556. The number of nitrogens with zero attached hydrogens (tertiary/aromatic N) is 1. The Bertz CT molecular complexity index is 462. The summed E-state index contributed by atoms with van der Waals surface area (Å²) >= 11 is 0. The number of hydrogen-bond acceptors (Lipinski definition) is 6. The van der Waals surface area contributed by atoms with E-state index in [1.807, 2.05) is 0 Å². The molecule has 1 aliphatic heterocycles. The molecule has 2 unspecified atom stereocenters. The molecular weight excluding hydrogens is 287 g/mol. The number of aliphatic hydroxyl groups is 3.